The lowest BCUT2D eigenvalue weighted by Gasteiger charge is -2.20. The van der Waals surface area contributed by atoms with Crippen LogP contribution in [0.4, 0.5) is 0 Å². The first-order chi connectivity index (χ1) is 5.86. The Labute approximate surface area is 75.3 Å². The normalized spacial score (nSPS) is 11.2. The predicted molar refractivity (Wildman–Crippen MR) is 42.4 cm³/mol. The molecular weight excluding hydrogens is 178 g/mol. The van der Waals surface area contributed by atoms with E-state index in [-0.39, 0.29) is 6.04 Å². The third-order valence-corrected chi connectivity index (χ3v) is 1.56. The number of hydroxylamine groups is 2. The highest BCUT2D eigenvalue weighted by atomic mass is 16.5. The Hall–Kier alpha value is -1.14. The van der Waals surface area contributed by atoms with Gasteiger partial charge in [-0.2, -0.15) is 5.06 Å². The Bertz CT molecular complexity index is 189. The topological polar surface area (TPSA) is 98.1 Å². The van der Waals surface area contributed by atoms with Crippen LogP contribution in [-0.2, 0) is 9.59 Å². The minimum atomic E-state index is -1.59. The van der Waals surface area contributed by atoms with Crippen molar-refractivity contribution < 1.29 is 25.0 Å². The molecule has 0 saturated heterocycles. The van der Waals surface area contributed by atoms with E-state index in [4.69, 9.17) is 15.4 Å². The van der Waals surface area contributed by atoms with Crippen LogP contribution in [0.5, 0.6) is 0 Å². The zero-order chi connectivity index (χ0) is 10.6. The number of hydrogen-bond donors (Lipinski definition) is 3. The van der Waals surface area contributed by atoms with E-state index in [0.717, 1.165) is 0 Å². The third kappa shape index (κ3) is 3.86. The first-order valence-electron chi connectivity index (χ1n) is 3.77. The SMILES string of the molecule is CC(C)N(O)CC(C(=O)O)C(=O)O. The van der Waals surface area contributed by atoms with Gasteiger partial charge in [-0.1, -0.05) is 0 Å². The Morgan fingerprint density at radius 3 is 1.85 bits per heavy atom. The molecule has 0 aliphatic rings. The molecule has 0 aromatic rings. The Morgan fingerprint density at radius 2 is 1.62 bits per heavy atom. The van der Waals surface area contributed by atoms with E-state index in [1.54, 1.807) is 13.8 Å². The first kappa shape index (κ1) is 11.9. The molecule has 0 radical (unpaired) electrons. The summed E-state index contributed by atoms with van der Waals surface area (Å²) >= 11 is 0. The second-order valence-corrected chi connectivity index (χ2v) is 2.94. The van der Waals surface area contributed by atoms with Crippen LogP contribution in [0.15, 0.2) is 0 Å². The highest BCUT2D eigenvalue weighted by Gasteiger charge is 2.28. The molecule has 13 heavy (non-hydrogen) atoms. The van der Waals surface area contributed by atoms with Gasteiger partial charge in [-0.25, -0.2) is 0 Å². The number of carbonyl (C=O) groups is 2. The molecule has 0 fully saturated rings. The van der Waals surface area contributed by atoms with Crippen molar-refractivity contribution in [2.24, 2.45) is 5.92 Å². The molecular formula is C7H13NO5. The van der Waals surface area contributed by atoms with Gasteiger partial charge in [0.05, 0.1) is 0 Å². The maximum atomic E-state index is 10.4. The summed E-state index contributed by atoms with van der Waals surface area (Å²) in [6.45, 7) is 2.84. The lowest BCUT2D eigenvalue weighted by atomic mass is 10.1. The smallest absolute Gasteiger partial charge is 0.319 e. The van der Waals surface area contributed by atoms with E-state index in [0.29, 0.717) is 5.06 Å². The minimum absolute atomic E-state index is 0.304. The molecule has 0 aliphatic carbocycles. The second-order valence-electron chi connectivity index (χ2n) is 2.94. The van der Waals surface area contributed by atoms with E-state index in [9.17, 15) is 9.59 Å². The van der Waals surface area contributed by atoms with Crippen molar-refractivity contribution in [3.63, 3.8) is 0 Å². The number of aliphatic carboxylic acids is 2. The molecule has 6 nitrogen and oxygen atoms in total. The van der Waals surface area contributed by atoms with Crippen LogP contribution in [0, 0.1) is 5.92 Å². The highest BCUT2D eigenvalue weighted by molar-refractivity contribution is 5.93. The quantitative estimate of drug-likeness (QED) is 0.413. The molecule has 0 aliphatic heterocycles. The zero-order valence-corrected chi connectivity index (χ0v) is 7.47. The van der Waals surface area contributed by atoms with E-state index in [2.05, 4.69) is 0 Å². The van der Waals surface area contributed by atoms with E-state index in [1.807, 2.05) is 0 Å². The molecule has 3 N–H and O–H groups in total. The largest absolute Gasteiger partial charge is 0.481 e. The summed E-state index contributed by atoms with van der Waals surface area (Å²) in [7, 11) is 0. The van der Waals surface area contributed by atoms with Gasteiger partial charge in [-0.15, -0.1) is 0 Å². The predicted octanol–water partition coefficient (Wildman–Crippen LogP) is -0.129. The second kappa shape index (κ2) is 4.78. The number of rotatable bonds is 5. The van der Waals surface area contributed by atoms with Gasteiger partial charge in [0.15, 0.2) is 5.92 Å². The Morgan fingerprint density at radius 1 is 1.23 bits per heavy atom. The van der Waals surface area contributed by atoms with Crippen molar-refractivity contribution in [2.45, 2.75) is 19.9 Å². The maximum absolute atomic E-state index is 10.4. The number of hydrogen-bond acceptors (Lipinski definition) is 4. The van der Waals surface area contributed by atoms with Crippen LogP contribution in [0.1, 0.15) is 13.8 Å². The average Bonchev–Trinajstić information content (AvgIpc) is 1.97. The molecule has 0 bridgehead atoms. The van der Waals surface area contributed by atoms with Crippen molar-refractivity contribution in [1.82, 2.24) is 5.06 Å². The van der Waals surface area contributed by atoms with E-state index >= 15 is 0 Å². The molecule has 0 heterocycles. The number of nitrogens with zero attached hydrogens (tertiary/aromatic N) is 1. The molecule has 0 rings (SSSR count). The summed E-state index contributed by atoms with van der Waals surface area (Å²) in [5.74, 6) is -4.49. The standard InChI is InChI=1S/C7H13NO5/c1-4(2)8(13)3-5(6(9)10)7(11)12/h4-5,13H,3H2,1-2H3,(H,9,10)(H,11,12). The molecule has 0 aromatic carbocycles. The molecule has 0 atom stereocenters. The number of carboxylic acid groups (broad SMARTS) is 2. The van der Waals surface area contributed by atoms with Crippen LogP contribution in [-0.4, -0.2) is 45.0 Å². The van der Waals surface area contributed by atoms with Gasteiger partial charge in [-0.3, -0.25) is 9.59 Å². The fourth-order valence-electron chi connectivity index (χ4n) is 0.660. The Kier molecular flexibility index (Phi) is 4.36. The van der Waals surface area contributed by atoms with E-state index in [1.165, 1.54) is 0 Å². The Balaban J connectivity index is 4.27. The third-order valence-electron chi connectivity index (χ3n) is 1.56. The van der Waals surface area contributed by atoms with Crippen molar-refractivity contribution in [3.8, 4) is 0 Å². The minimum Gasteiger partial charge on any atom is -0.481 e. The highest BCUT2D eigenvalue weighted by Crippen LogP contribution is 2.03. The fraction of sp³-hybridized carbons (Fsp3) is 0.714. The van der Waals surface area contributed by atoms with Gasteiger partial charge in [0.2, 0.25) is 0 Å². The molecule has 0 spiro atoms. The lowest BCUT2D eigenvalue weighted by molar-refractivity contribution is -0.168. The van der Waals surface area contributed by atoms with Crippen molar-refractivity contribution in [1.29, 1.82) is 0 Å². The molecule has 6 heteroatoms. The van der Waals surface area contributed by atoms with Crippen molar-refractivity contribution in [3.05, 3.63) is 0 Å². The summed E-state index contributed by atoms with van der Waals surface area (Å²) in [6, 6.07) is -0.304. The fourth-order valence-corrected chi connectivity index (χ4v) is 0.660. The molecule has 0 amide bonds. The average molecular weight is 191 g/mol. The summed E-state index contributed by atoms with van der Waals surface area (Å²) < 4.78 is 0. The van der Waals surface area contributed by atoms with Gasteiger partial charge in [0.1, 0.15) is 0 Å². The van der Waals surface area contributed by atoms with Gasteiger partial charge in [0.25, 0.3) is 0 Å². The molecule has 0 saturated carbocycles. The number of carboxylic acids is 2. The summed E-state index contributed by atoms with van der Waals surface area (Å²) in [4.78, 5) is 20.8. The zero-order valence-electron chi connectivity index (χ0n) is 7.47. The summed E-state index contributed by atoms with van der Waals surface area (Å²) in [5, 5.41) is 26.7. The van der Waals surface area contributed by atoms with Crippen LogP contribution in [0.2, 0.25) is 0 Å². The lowest BCUT2D eigenvalue weighted by Crippen LogP contribution is -2.39. The summed E-state index contributed by atoms with van der Waals surface area (Å²) in [6.07, 6.45) is 0. The van der Waals surface area contributed by atoms with E-state index < -0.39 is 24.4 Å². The molecule has 76 valence electrons. The van der Waals surface area contributed by atoms with Crippen LogP contribution >= 0.6 is 0 Å². The van der Waals surface area contributed by atoms with Gasteiger partial charge < -0.3 is 15.4 Å². The molecule has 0 unspecified atom stereocenters. The van der Waals surface area contributed by atoms with Crippen LogP contribution in [0.3, 0.4) is 0 Å². The summed E-state index contributed by atoms with van der Waals surface area (Å²) in [5.41, 5.74) is 0. The van der Waals surface area contributed by atoms with Crippen LogP contribution < -0.4 is 0 Å². The van der Waals surface area contributed by atoms with Crippen molar-refractivity contribution in [2.75, 3.05) is 6.54 Å². The van der Waals surface area contributed by atoms with Gasteiger partial charge in [0, 0.05) is 12.6 Å². The van der Waals surface area contributed by atoms with Gasteiger partial charge >= 0.3 is 11.9 Å². The van der Waals surface area contributed by atoms with Crippen LogP contribution in [0.25, 0.3) is 0 Å². The van der Waals surface area contributed by atoms with Gasteiger partial charge in [-0.05, 0) is 13.8 Å². The first-order valence-corrected chi connectivity index (χ1v) is 3.77. The molecule has 0 aromatic heterocycles. The monoisotopic (exact) mass is 191 g/mol. The van der Waals surface area contributed by atoms with Crippen molar-refractivity contribution >= 4 is 11.9 Å². The maximum Gasteiger partial charge on any atom is 0.319 e.